The molecule has 0 radical (unpaired) electrons. The van der Waals surface area contributed by atoms with Gasteiger partial charge in [-0.15, -0.1) is 0 Å². The van der Waals surface area contributed by atoms with Crippen molar-refractivity contribution in [3.05, 3.63) is 65.7 Å². The third-order valence-corrected chi connectivity index (χ3v) is 4.55. The van der Waals surface area contributed by atoms with Gasteiger partial charge in [0.2, 0.25) is 0 Å². The molecule has 0 spiro atoms. The zero-order valence-corrected chi connectivity index (χ0v) is 13.5. The Morgan fingerprint density at radius 2 is 1.74 bits per heavy atom. The fourth-order valence-electron chi connectivity index (χ4n) is 3.10. The molecule has 4 N–H and O–H groups in total. The third-order valence-electron chi connectivity index (χ3n) is 4.55. The van der Waals surface area contributed by atoms with E-state index in [0.717, 1.165) is 12.2 Å². The van der Waals surface area contributed by atoms with E-state index in [1.165, 1.54) is 11.1 Å². The summed E-state index contributed by atoms with van der Waals surface area (Å²) < 4.78 is 5.84. The van der Waals surface area contributed by atoms with Crippen LogP contribution in [-0.4, -0.2) is 19.2 Å². The van der Waals surface area contributed by atoms with Crippen LogP contribution in [0.15, 0.2) is 54.6 Å². The fourth-order valence-corrected chi connectivity index (χ4v) is 3.10. The molecule has 3 unspecified atom stereocenters. The van der Waals surface area contributed by atoms with Gasteiger partial charge in [0.25, 0.3) is 0 Å². The first kappa shape index (κ1) is 16.0. The van der Waals surface area contributed by atoms with Gasteiger partial charge < -0.3 is 10.5 Å². The van der Waals surface area contributed by atoms with E-state index < -0.39 is 0 Å². The van der Waals surface area contributed by atoms with Crippen molar-refractivity contribution in [2.45, 2.75) is 25.4 Å². The molecule has 1 aliphatic rings. The van der Waals surface area contributed by atoms with Gasteiger partial charge in [-0.2, -0.15) is 0 Å². The van der Waals surface area contributed by atoms with Gasteiger partial charge in [0.15, 0.2) is 0 Å². The van der Waals surface area contributed by atoms with Gasteiger partial charge in [0.05, 0.1) is 12.6 Å². The molecule has 3 atom stereocenters. The Bertz CT molecular complexity index is 600. The van der Waals surface area contributed by atoms with Crippen molar-refractivity contribution in [3.8, 4) is 5.75 Å². The van der Waals surface area contributed by atoms with Crippen molar-refractivity contribution >= 4 is 0 Å². The number of ether oxygens (including phenoxy) is 1. The molecule has 1 saturated heterocycles. The molecule has 122 valence electrons. The number of hydrazine groups is 1. The summed E-state index contributed by atoms with van der Waals surface area (Å²) in [5, 5.41) is 0. The van der Waals surface area contributed by atoms with Gasteiger partial charge in [-0.1, -0.05) is 42.5 Å². The predicted molar refractivity (Wildman–Crippen MR) is 93.1 cm³/mol. The molecule has 4 nitrogen and oxygen atoms in total. The summed E-state index contributed by atoms with van der Waals surface area (Å²) >= 11 is 0. The molecule has 2 aromatic carbocycles. The largest absolute Gasteiger partial charge is 0.493 e. The van der Waals surface area contributed by atoms with E-state index in [4.69, 9.17) is 10.5 Å². The monoisotopic (exact) mass is 311 g/mol. The molecule has 0 saturated carbocycles. The standard InChI is InChI=1S/C19H25N3O/c1-14-18(13-20)19(22-21-14)16-7-9-17(10-8-16)23-12-11-15-5-3-2-4-6-15/h2-10,14,18-19,21-22H,11-13,20H2,1H3. The fraction of sp³-hybridized carbons (Fsp3) is 0.368. The molecule has 4 heteroatoms. The van der Waals surface area contributed by atoms with Crippen LogP contribution in [0.25, 0.3) is 0 Å². The number of rotatable bonds is 6. The maximum absolute atomic E-state index is 5.90. The van der Waals surface area contributed by atoms with Gasteiger partial charge in [0, 0.05) is 18.4 Å². The lowest BCUT2D eigenvalue weighted by atomic mass is 9.90. The Balaban J connectivity index is 1.55. The summed E-state index contributed by atoms with van der Waals surface area (Å²) in [5.41, 5.74) is 15.0. The summed E-state index contributed by atoms with van der Waals surface area (Å²) in [5.74, 6) is 1.31. The van der Waals surface area contributed by atoms with Gasteiger partial charge in [0.1, 0.15) is 5.75 Å². The molecule has 0 amide bonds. The Hall–Kier alpha value is -1.88. The van der Waals surface area contributed by atoms with E-state index in [2.05, 4.69) is 54.2 Å². The minimum Gasteiger partial charge on any atom is -0.493 e. The molecule has 0 aliphatic carbocycles. The summed E-state index contributed by atoms with van der Waals surface area (Å²) in [6, 6.07) is 19.4. The van der Waals surface area contributed by atoms with Crippen molar-refractivity contribution in [2.24, 2.45) is 11.7 Å². The summed E-state index contributed by atoms with van der Waals surface area (Å²) in [6.07, 6.45) is 0.920. The Morgan fingerprint density at radius 3 is 2.43 bits per heavy atom. The Kier molecular flexibility index (Phi) is 5.28. The molecule has 0 aromatic heterocycles. The SMILES string of the molecule is CC1NNC(c2ccc(OCCc3ccccc3)cc2)C1CN. The van der Waals surface area contributed by atoms with Crippen molar-refractivity contribution < 1.29 is 4.74 Å². The van der Waals surface area contributed by atoms with Crippen molar-refractivity contribution in [3.63, 3.8) is 0 Å². The van der Waals surface area contributed by atoms with E-state index in [1.807, 2.05) is 18.2 Å². The quantitative estimate of drug-likeness (QED) is 0.767. The number of hydrogen-bond acceptors (Lipinski definition) is 4. The van der Waals surface area contributed by atoms with Gasteiger partial charge in [-0.3, -0.25) is 5.43 Å². The van der Waals surface area contributed by atoms with Crippen LogP contribution < -0.4 is 21.3 Å². The van der Waals surface area contributed by atoms with Crippen LogP contribution >= 0.6 is 0 Å². The van der Waals surface area contributed by atoms with Crippen molar-refractivity contribution in [1.29, 1.82) is 0 Å². The normalized spacial score (nSPS) is 23.8. The first-order chi connectivity index (χ1) is 11.3. The Labute approximate surface area is 138 Å². The number of benzene rings is 2. The van der Waals surface area contributed by atoms with E-state index >= 15 is 0 Å². The van der Waals surface area contributed by atoms with E-state index in [-0.39, 0.29) is 6.04 Å². The minimum atomic E-state index is 0.258. The first-order valence-electron chi connectivity index (χ1n) is 8.25. The minimum absolute atomic E-state index is 0.258. The third kappa shape index (κ3) is 3.91. The van der Waals surface area contributed by atoms with E-state index in [0.29, 0.717) is 25.1 Å². The molecule has 23 heavy (non-hydrogen) atoms. The van der Waals surface area contributed by atoms with Crippen LogP contribution in [0.1, 0.15) is 24.1 Å². The average Bonchev–Trinajstić information content (AvgIpc) is 2.97. The molecule has 3 rings (SSSR count). The molecular formula is C19H25N3O. The zero-order chi connectivity index (χ0) is 16.1. The second-order valence-electron chi connectivity index (χ2n) is 6.11. The maximum Gasteiger partial charge on any atom is 0.119 e. The summed E-state index contributed by atoms with van der Waals surface area (Å²) in [7, 11) is 0. The van der Waals surface area contributed by atoms with E-state index in [9.17, 15) is 0 Å². The second kappa shape index (κ2) is 7.59. The van der Waals surface area contributed by atoms with Gasteiger partial charge in [-0.05, 0) is 36.7 Å². The highest BCUT2D eigenvalue weighted by Gasteiger charge is 2.32. The molecule has 1 fully saturated rings. The van der Waals surface area contributed by atoms with Crippen molar-refractivity contribution in [2.75, 3.05) is 13.2 Å². The average molecular weight is 311 g/mol. The van der Waals surface area contributed by atoms with Crippen LogP contribution in [-0.2, 0) is 6.42 Å². The number of hydrogen-bond donors (Lipinski definition) is 3. The van der Waals surface area contributed by atoms with Crippen LogP contribution in [0, 0.1) is 5.92 Å². The van der Waals surface area contributed by atoms with Crippen LogP contribution in [0.5, 0.6) is 5.75 Å². The highest BCUT2D eigenvalue weighted by atomic mass is 16.5. The molecular weight excluding hydrogens is 286 g/mol. The summed E-state index contributed by atoms with van der Waals surface area (Å²) in [4.78, 5) is 0. The van der Waals surface area contributed by atoms with Crippen LogP contribution in [0.3, 0.4) is 0 Å². The van der Waals surface area contributed by atoms with Gasteiger partial charge in [-0.25, -0.2) is 5.43 Å². The lowest BCUT2D eigenvalue weighted by Crippen LogP contribution is -2.30. The van der Waals surface area contributed by atoms with E-state index in [1.54, 1.807) is 0 Å². The highest BCUT2D eigenvalue weighted by Crippen LogP contribution is 2.28. The van der Waals surface area contributed by atoms with Crippen molar-refractivity contribution in [1.82, 2.24) is 10.9 Å². The topological polar surface area (TPSA) is 59.3 Å². The molecule has 1 heterocycles. The number of nitrogens with two attached hydrogens (primary N) is 1. The molecule has 0 bridgehead atoms. The maximum atomic E-state index is 5.90. The van der Waals surface area contributed by atoms with Gasteiger partial charge >= 0.3 is 0 Å². The second-order valence-corrected chi connectivity index (χ2v) is 6.11. The smallest absolute Gasteiger partial charge is 0.119 e. The zero-order valence-electron chi connectivity index (χ0n) is 13.5. The summed E-state index contributed by atoms with van der Waals surface area (Å²) in [6.45, 7) is 3.52. The molecule has 2 aromatic rings. The Morgan fingerprint density at radius 1 is 1.00 bits per heavy atom. The molecule has 1 aliphatic heterocycles. The van der Waals surface area contributed by atoms with Crippen LogP contribution in [0.2, 0.25) is 0 Å². The number of nitrogens with one attached hydrogen (secondary N) is 2. The lowest BCUT2D eigenvalue weighted by Gasteiger charge is -2.19. The van der Waals surface area contributed by atoms with Crippen LogP contribution in [0.4, 0.5) is 0 Å². The lowest BCUT2D eigenvalue weighted by molar-refractivity contribution is 0.321. The predicted octanol–water partition coefficient (Wildman–Crippen LogP) is 2.42. The first-order valence-corrected chi connectivity index (χ1v) is 8.25. The highest BCUT2D eigenvalue weighted by molar-refractivity contribution is 5.30.